The Morgan fingerprint density at radius 1 is 1.14 bits per heavy atom. The van der Waals surface area contributed by atoms with Crippen LogP contribution in [0.2, 0.25) is 0 Å². The molecule has 82 valence electrons. The standard InChI is InChI=1S/C11H20O3/c1-3-13-10(12)11(14-4-2)8-6-5-7-9-11/h3-9H2,1-2H3. The Bertz CT molecular complexity index is 177. The predicted octanol–water partition coefficient (Wildman–Crippen LogP) is 2.29. The largest absolute Gasteiger partial charge is 0.464 e. The van der Waals surface area contributed by atoms with Crippen LogP contribution >= 0.6 is 0 Å². The summed E-state index contributed by atoms with van der Waals surface area (Å²) in [4.78, 5) is 11.8. The summed E-state index contributed by atoms with van der Waals surface area (Å²) in [5.41, 5.74) is -0.622. The lowest BCUT2D eigenvalue weighted by Crippen LogP contribution is -2.44. The van der Waals surface area contributed by atoms with E-state index in [1.807, 2.05) is 13.8 Å². The highest BCUT2D eigenvalue weighted by molar-refractivity contribution is 5.79. The van der Waals surface area contributed by atoms with Crippen LogP contribution < -0.4 is 0 Å². The highest BCUT2D eigenvalue weighted by atomic mass is 16.6. The van der Waals surface area contributed by atoms with E-state index in [0.717, 1.165) is 25.7 Å². The van der Waals surface area contributed by atoms with E-state index in [9.17, 15) is 4.79 Å². The fraction of sp³-hybridized carbons (Fsp3) is 0.909. The number of ether oxygens (including phenoxy) is 2. The molecule has 1 aliphatic rings. The molecular weight excluding hydrogens is 180 g/mol. The zero-order valence-electron chi connectivity index (χ0n) is 9.17. The molecule has 3 heteroatoms. The van der Waals surface area contributed by atoms with Crippen molar-refractivity contribution < 1.29 is 14.3 Å². The average molecular weight is 200 g/mol. The Kier molecular flexibility index (Phi) is 4.39. The molecule has 1 rings (SSSR count). The third-order valence-corrected chi connectivity index (χ3v) is 2.73. The van der Waals surface area contributed by atoms with Crippen LogP contribution in [0.1, 0.15) is 46.0 Å². The molecule has 0 N–H and O–H groups in total. The Labute approximate surface area is 85.8 Å². The van der Waals surface area contributed by atoms with Crippen LogP contribution in [0.5, 0.6) is 0 Å². The minimum Gasteiger partial charge on any atom is -0.464 e. The molecule has 0 atom stereocenters. The van der Waals surface area contributed by atoms with Crippen molar-refractivity contribution in [2.24, 2.45) is 0 Å². The van der Waals surface area contributed by atoms with Gasteiger partial charge in [0.1, 0.15) is 0 Å². The van der Waals surface area contributed by atoms with Crippen LogP contribution in [-0.4, -0.2) is 24.8 Å². The van der Waals surface area contributed by atoms with Crippen LogP contribution in [0.4, 0.5) is 0 Å². The molecule has 0 aromatic carbocycles. The van der Waals surface area contributed by atoms with Crippen molar-refractivity contribution in [1.82, 2.24) is 0 Å². The lowest BCUT2D eigenvalue weighted by Gasteiger charge is -2.34. The van der Waals surface area contributed by atoms with Gasteiger partial charge in [-0.2, -0.15) is 0 Å². The van der Waals surface area contributed by atoms with Gasteiger partial charge in [0.2, 0.25) is 0 Å². The van der Waals surface area contributed by atoms with E-state index < -0.39 is 5.60 Å². The summed E-state index contributed by atoms with van der Waals surface area (Å²) in [5, 5.41) is 0. The molecule has 1 fully saturated rings. The predicted molar refractivity (Wildman–Crippen MR) is 54.1 cm³/mol. The second-order valence-corrected chi connectivity index (χ2v) is 3.71. The highest BCUT2D eigenvalue weighted by Gasteiger charge is 2.41. The zero-order chi connectivity index (χ0) is 10.4. The summed E-state index contributed by atoms with van der Waals surface area (Å²) in [6, 6.07) is 0. The van der Waals surface area contributed by atoms with Gasteiger partial charge >= 0.3 is 5.97 Å². The van der Waals surface area contributed by atoms with Crippen molar-refractivity contribution in [2.45, 2.75) is 51.6 Å². The van der Waals surface area contributed by atoms with E-state index in [-0.39, 0.29) is 5.97 Å². The van der Waals surface area contributed by atoms with Crippen molar-refractivity contribution in [3.8, 4) is 0 Å². The van der Waals surface area contributed by atoms with Gasteiger partial charge in [0.05, 0.1) is 6.61 Å². The number of rotatable bonds is 4. The molecule has 14 heavy (non-hydrogen) atoms. The number of hydrogen-bond donors (Lipinski definition) is 0. The Hall–Kier alpha value is -0.570. The number of esters is 1. The first-order chi connectivity index (χ1) is 6.75. The summed E-state index contributed by atoms with van der Waals surface area (Å²) in [6.45, 7) is 4.78. The summed E-state index contributed by atoms with van der Waals surface area (Å²) in [6.07, 6.45) is 4.98. The topological polar surface area (TPSA) is 35.5 Å². The van der Waals surface area contributed by atoms with E-state index in [4.69, 9.17) is 9.47 Å². The number of carbonyl (C=O) groups is 1. The van der Waals surface area contributed by atoms with Gasteiger partial charge < -0.3 is 9.47 Å². The molecule has 0 aromatic heterocycles. The monoisotopic (exact) mass is 200 g/mol. The Morgan fingerprint density at radius 3 is 2.29 bits per heavy atom. The van der Waals surface area contributed by atoms with Gasteiger partial charge in [-0.05, 0) is 39.5 Å². The van der Waals surface area contributed by atoms with Crippen molar-refractivity contribution in [3.63, 3.8) is 0 Å². The second kappa shape index (κ2) is 5.35. The second-order valence-electron chi connectivity index (χ2n) is 3.71. The van der Waals surface area contributed by atoms with Gasteiger partial charge in [0.25, 0.3) is 0 Å². The van der Waals surface area contributed by atoms with E-state index in [2.05, 4.69) is 0 Å². The molecule has 0 aliphatic heterocycles. The molecule has 0 aromatic rings. The molecule has 1 saturated carbocycles. The minimum absolute atomic E-state index is 0.165. The van der Waals surface area contributed by atoms with Gasteiger partial charge in [0.15, 0.2) is 5.60 Å². The molecule has 0 unspecified atom stereocenters. The maximum absolute atomic E-state index is 11.8. The molecule has 3 nitrogen and oxygen atoms in total. The number of carbonyl (C=O) groups excluding carboxylic acids is 1. The van der Waals surface area contributed by atoms with E-state index in [1.54, 1.807) is 0 Å². The van der Waals surface area contributed by atoms with E-state index in [0.29, 0.717) is 13.2 Å². The molecule has 0 radical (unpaired) electrons. The first-order valence-electron chi connectivity index (χ1n) is 5.56. The average Bonchev–Trinajstić information content (AvgIpc) is 2.20. The van der Waals surface area contributed by atoms with Crippen LogP contribution in [-0.2, 0) is 14.3 Å². The van der Waals surface area contributed by atoms with Crippen LogP contribution in [0.15, 0.2) is 0 Å². The maximum atomic E-state index is 11.8. The van der Waals surface area contributed by atoms with Crippen LogP contribution in [0.25, 0.3) is 0 Å². The van der Waals surface area contributed by atoms with Crippen LogP contribution in [0.3, 0.4) is 0 Å². The SMILES string of the molecule is CCOC(=O)C1(OCC)CCCCC1. The first-order valence-corrected chi connectivity index (χ1v) is 5.56. The zero-order valence-corrected chi connectivity index (χ0v) is 9.17. The van der Waals surface area contributed by atoms with Gasteiger partial charge in [-0.3, -0.25) is 0 Å². The van der Waals surface area contributed by atoms with Crippen molar-refractivity contribution in [1.29, 1.82) is 0 Å². The van der Waals surface area contributed by atoms with Gasteiger partial charge in [-0.15, -0.1) is 0 Å². The molecule has 0 heterocycles. The third-order valence-electron chi connectivity index (χ3n) is 2.73. The van der Waals surface area contributed by atoms with Gasteiger partial charge in [-0.1, -0.05) is 6.42 Å². The van der Waals surface area contributed by atoms with Crippen molar-refractivity contribution in [3.05, 3.63) is 0 Å². The fourth-order valence-corrected chi connectivity index (χ4v) is 2.07. The molecule has 0 bridgehead atoms. The molecule has 0 spiro atoms. The van der Waals surface area contributed by atoms with Gasteiger partial charge in [-0.25, -0.2) is 4.79 Å². The summed E-state index contributed by atoms with van der Waals surface area (Å²) in [5.74, 6) is -0.165. The number of hydrogen-bond acceptors (Lipinski definition) is 3. The minimum atomic E-state index is -0.622. The molecule has 1 aliphatic carbocycles. The fourth-order valence-electron chi connectivity index (χ4n) is 2.07. The maximum Gasteiger partial charge on any atom is 0.338 e. The van der Waals surface area contributed by atoms with Crippen LogP contribution in [0, 0.1) is 0 Å². The van der Waals surface area contributed by atoms with E-state index in [1.165, 1.54) is 6.42 Å². The quantitative estimate of drug-likeness (QED) is 0.653. The molecule has 0 amide bonds. The lowest BCUT2D eigenvalue weighted by atomic mass is 9.84. The van der Waals surface area contributed by atoms with Gasteiger partial charge in [0, 0.05) is 6.61 Å². The Morgan fingerprint density at radius 2 is 1.79 bits per heavy atom. The highest BCUT2D eigenvalue weighted by Crippen LogP contribution is 2.32. The summed E-state index contributed by atoms with van der Waals surface area (Å²) >= 11 is 0. The van der Waals surface area contributed by atoms with E-state index >= 15 is 0 Å². The first kappa shape index (κ1) is 11.5. The summed E-state index contributed by atoms with van der Waals surface area (Å²) in [7, 11) is 0. The smallest absolute Gasteiger partial charge is 0.338 e. The molecular formula is C11H20O3. The third kappa shape index (κ3) is 2.47. The lowest BCUT2D eigenvalue weighted by molar-refractivity contribution is -0.176. The van der Waals surface area contributed by atoms with Crippen molar-refractivity contribution in [2.75, 3.05) is 13.2 Å². The summed E-state index contributed by atoms with van der Waals surface area (Å²) < 4.78 is 10.7. The Balaban J connectivity index is 2.63. The molecule has 0 saturated heterocycles. The normalized spacial score (nSPS) is 20.4. The van der Waals surface area contributed by atoms with Crippen molar-refractivity contribution >= 4 is 5.97 Å².